The number of benzene rings is 1. The van der Waals surface area contributed by atoms with Crippen LogP contribution in [0.25, 0.3) is 0 Å². The van der Waals surface area contributed by atoms with Crippen LogP contribution in [0.2, 0.25) is 5.02 Å². The Morgan fingerprint density at radius 1 is 1.28 bits per heavy atom. The monoisotopic (exact) mass is 287 g/mol. The summed E-state index contributed by atoms with van der Waals surface area (Å²) in [6.45, 7) is 5.96. The highest BCUT2D eigenvalue weighted by Gasteiger charge is 2.27. The predicted octanol–water partition coefficient (Wildman–Crippen LogP) is 4.18. The molecule has 1 amide bonds. The SMILES string of the molecule is CCC(CC)(CCl)NC(=O)c1cc(C)cc(Cl)c1. The van der Waals surface area contributed by atoms with Gasteiger partial charge in [-0.1, -0.05) is 25.4 Å². The predicted molar refractivity (Wildman–Crippen MR) is 77.7 cm³/mol. The van der Waals surface area contributed by atoms with Gasteiger partial charge in [0.05, 0.1) is 5.54 Å². The molecule has 1 N–H and O–H groups in total. The van der Waals surface area contributed by atoms with Crippen LogP contribution in [-0.2, 0) is 0 Å². The largest absolute Gasteiger partial charge is 0.345 e. The van der Waals surface area contributed by atoms with E-state index in [0.29, 0.717) is 16.5 Å². The summed E-state index contributed by atoms with van der Waals surface area (Å²) in [4.78, 5) is 12.2. The number of aryl methyl sites for hydroxylation is 1. The van der Waals surface area contributed by atoms with E-state index in [2.05, 4.69) is 5.32 Å². The Morgan fingerprint density at radius 3 is 2.33 bits per heavy atom. The lowest BCUT2D eigenvalue weighted by Gasteiger charge is -2.30. The van der Waals surface area contributed by atoms with Crippen molar-refractivity contribution >= 4 is 29.1 Å². The first-order valence-corrected chi connectivity index (χ1v) is 7.03. The van der Waals surface area contributed by atoms with Crippen molar-refractivity contribution in [1.29, 1.82) is 0 Å². The molecule has 0 aromatic heterocycles. The van der Waals surface area contributed by atoms with Crippen molar-refractivity contribution in [2.24, 2.45) is 0 Å². The van der Waals surface area contributed by atoms with Gasteiger partial charge in [-0.3, -0.25) is 4.79 Å². The molecule has 1 aromatic rings. The van der Waals surface area contributed by atoms with Gasteiger partial charge in [-0.25, -0.2) is 0 Å². The average Bonchev–Trinajstić information content (AvgIpc) is 2.35. The minimum atomic E-state index is -0.338. The third kappa shape index (κ3) is 3.63. The fraction of sp³-hybridized carbons (Fsp3) is 0.500. The highest BCUT2D eigenvalue weighted by molar-refractivity contribution is 6.31. The summed E-state index contributed by atoms with van der Waals surface area (Å²) in [5, 5.41) is 3.59. The lowest BCUT2D eigenvalue weighted by atomic mass is 9.94. The summed E-state index contributed by atoms with van der Waals surface area (Å²) < 4.78 is 0. The minimum absolute atomic E-state index is 0.120. The van der Waals surface area contributed by atoms with E-state index < -0.39 is 0 Å². The van der Waals surface area contributed by atoms with Crippen LogP contribution in [0.1, 0.15) is 42.6 Å². The third-order valence-electron chi connectivity index (χ3n) is 3.29. The van der Waals surface area contributed by atoms with Crippen LogP contribution in [0.5, 0.6) is 0 Å². The van der Waals surface area contributed by atoms with E-state index in [0.717, 1.165) is 18.4 Å². The summed E-state index contributed by atoms with van der Waals surface area (Å²) >= 11 is 11.9. The standard InChI is InChI=1S/C14H19Cl2NO/c1-4-14(5-2,9-15)17-13(18)11-6-10(3)7-12(16)8-11/h6-8H,4-5,9H2,1-3H3,(H,17,18). The molecule has 0 bridgehead atoms. The second kappa shape index (κ2) is 6.44. The molecule has 4 heteroatoms. The molecule has 1 rings (SSSR count). The zero-order chi connectivity index (χ0) is 13.8. The molecule has 2 nitrogen and oxygen atoms in total. The van der Waals surface area contributed by atoms with E-state index in [9.17, 15) is 4.79 Å². The van der Waals surface area contributed by atoms with E-state index in [1.54, 1.807) is 6.07 Å². The van der Waals surface area contributed by atoms with Crippen molar-refractivity contribution in [1.82, 2.24) is 5.32 Å². The van der Waals surface area contributed by atoms with Crippen molar-refractivity contribution in [2.75, 3.05) is 5.88 Å². The fourth-order valence-electron chi connectivity index (χ4n) is 1.83. The van der Waals surface area contributed by atoms with Gasteiger partial charge in [0.1, 0.15) is 0 Å². The van der Waals surface area contributed by atoms with Gasteiger partial charge in [0.15, 0.2) is 0 Å². The maximum atomic E-state index is 12.2. The topological polar surface area (TPSA) is 29.1 Å². The zero-order valence-corrected chi connectivity index (χ0v) is 12.5. The number of hydrogen-bond acceptors (Lipinski definition) is 1. The van der Waals surface area contributed by atoms with E-state index in [1.807, 2.05) is 32.9 Å². The maximum absolute atomic E-state index is 12.2. The lowest BCUT2D eigenvalue weighted by Crippen LogP contribution is -2.49. The summed E-state index contributed by atoms with van der Waals surface area (Å²) in [6, 6.07) is 5.33. The summed E-state index contributed by atoms with van der Waals surface area (Å²) in [5.74, 6) is 0.288. The van der Waals surface area contributed by atoms with E-state index in [1.165, 1.54) is 0 Å². The van der Waals surface area contributed by atoms with Crippen LogP contribution >= 0.6 is 23.2 Å². The van der Waals surface area contributed by atoms with Crippen molar-refractivity contribution in [2.45, 2.75) is 39.2 Å². The van der Waals surface area contributed by atoms with Gasteiger partial charge in [-0.15, -0.1) is 11.6 Å². The first-order valence-electron chi connectivity index (χ1n) is 6.12. The molecule has 0 aliphatic carbocycles. The Kier molecular flexibility index (Phi) is 5.48. The van der Waals surface area contributed by atoms with E-state index in [-0.39, 0.29) is 11.4 Å². The molecule has 0 saturated carbocycles. The summed E-state index contributed by atoms with van der Waals surface area (Å²) in [5.41, 5.74) is 1.21. The number of amides is 1. The van der Waals surface area contributed by atoms with Gasteiger partial charge >= 0.3 is 0 Å². The number of halogens is 2. The fourth-order valence-corrected chi connectivity index (χ4v) is 2.56. The van der Waals surface area contributed by atoms with Gasteiger partial charge in [0.2, 0.25) is 0 Å². The van der Waals surface area contributed by atoms with Crippen LogP contribution in [0.3, 0.4) is 0 Å². The Hall–Kier alpha value is -0.730. The molecule has 0 spiro atoms. The molecule has 100 valence electrons. The molecule has 0 heterocycles. The van der Waals surface area contributed by atoms with Gasteiger partial charge in [-0.2, -0.15) is 0 Å². The highest BCUT2D eigenvalue weighted by atomic mass is 35.5. The molecule has 0 fully saturated rings. The van der Waals surface area contributed by atoms with Crippen molar-refractivity contribution in [3.8, 4) is 0 Å². The van der Waals surface area contributed by atoms with Crippen LogP contribution < -0.4 is 5.32 Å². The Labute approximate surface area is 119 Å². The molecule has 0 atom stereocenters. The number of rotatable bonds is 5. The normalized spacial score (nSPS) is 11.4. The van der Waals surface area contributed by atoms with Crippen molar-refractivity contribution in [3.63, 3.8) is 0 Å². The smallest absolute Gasteiger partial charge is 0.251 e. The molecule has 0 radical (unpaired) electrons. The number of carbonyl (C=O) groups excluding carboxylic acids is 1. The Morgan fingerprint density at radius 2 is 1.89 bits per heavy atom. The molecule has 0 aliphatic rings. The highest BCUT2D eigenvalue weighted by Crippen LogP contribution is 2.20. The average molecular weight is 288 g/mol. The maximum Gasteiger partial charge on any atom is 0.251 e. The lowest BCUT2D eigenvalue weighted by molar-refractivity contribution is 0.0902. The first-order chi connectivity index (χ1) is 8.46. The van der Waals surface area contributed by atoms with Gasteiger partial charge in [-0.05, 0) is 43.5 Å². The molecule has 1 aromatic carbocycles. The van der Waals surface area contributed by atoms with Gasteiger partial charge in [0.25, 0.3) is 5.91 Å². The van der Waals surface area contributed by atoms with Gasteiger partial charge < -0.3 is 5.32 Å². The van der Waals surface area contributed by atoms with Crippen LogP contribution in [0.4, 0.5) is 0 Å². The summed E-state index contributed by atoms with van der Waals surface area (Å²) in [7, 11) is 0. The van der Waals surface area contributed by atoms with Crippen molar-refractivity contribution in [3.05, 3.63) is 34.3 Å². The molecule has 0 unspecified atom stereocenters. The van der Waals surface area contributed by atoms with Crippen LogP contribution in [0.15, 0.2) is 18.2 Å². The van der Waals surface area contributed by atoms with Gasteiger partial charge in [0, 0.05) is 16.5 Å². The number of carbonyl (C=O) groups is 1. The summed E-state index contributed by atoms with van der Waals surface area (Å²) in [6.07, 6.45) is 1.61. The van der Waals surface area contributed by atoms with Crippen LogP contribution in [0, 0.1) is 6.92 Å². The minimum Gasteiger partial charge on any atom is -0.345 e. The second-order valence-electron chi connectivity index (χ2n) is 4.59. The quantitative estimate of drug-likeness (QED) is 0.809. The molecule has 18 heavy (non-hydrogen) atoms. The molecular weight excluding hydrogens is 269 g/mol. The first kappa shape index (κ1) is 15.3. The number of nitrogens with one attached hydrogen (secondary N) is 1. The molecular formula is C14H19Cl2NO. The van der Waals surface area contributed by atoms with Crippen LogP contribution in [-0.4, -0.2) is 17.3 Å². The molecule has 0 aliphatic heterocycles. The number of alkyl halides is 1. The van der Waals surface area contributed by atoms with Crippen molar-refractivity contribution < 1.29 is 4.79 Å². The van der Waals surface area contributed by atoms with E-state index >= 15 is 0 Å². The molecule has 0 saturated heterocycles. The third-order valence-corrected chi connectivity index (χ3v) is 4.02. The Bertz CT molecular complexity index is 399. The zero-order valence-electron chi connectivity index (χ0n) is 11.0. The van der Waals surface area contributed by atoms with E-state index in [4.69, 9.17) is 23.2 Å². The number of hydrogen-bond donors (Lipinski definition) is 1. The Balaban J connectivity index is 2.94. The second-order valence-corrected chi connectivity index (χ2v) is 5.30.